The van der Waals surface area contributed by atoms with Gasteiger partial charge in [0.15, 0.2) is 0 Å². The Morgan fingerprint density at radius 1 is 1.50 bits per heavy atom. The number of hydrogen-bond donors (Lipinski definition) is 2. The van der Waals surface area contributed by atoms with Gasteiger partial charge < -0.3 is 15.2 Å². The van der Waals surface area contributed by atoms with Gasteiger partial charge >= 0.3 is 12.1 Å². The van der Waals surface area contributed by atoms with Gasteiger partial charge in [0.1, 0.15) is 12.6 Å². The van der Waals surface area contributed by atoms with Crippen LogP contribution in [0.25, 0.3) is 0 Å². The molecule has 0 saturated carbocycles. The zero-order valence-corrected chi connectivity index (χ0v) is 12.4. The molecule has 0 rings (SSSR count). The average Bonchev–Trinajstić information content (AvgIpc) is 2.23. The van der Waals surface area contributed by atoms with Crippen LogP contribution in [0.5, 0.6) is 0 Å². The number of alkyl carbamates (subject to hydrolysis) is 1. The number of rotatable bonds is 7. The fourth-order valence-corrected chi connectivity index (χ4v) is 3.23. The van der Waals surface area contributed by atoms with E-state index in [1.807, 2.05) is 20.8 Å². The Hall–Kier alpha value is -0.820. The quantitative estimate of drug-likeness (QED) is 0.555. The zero-order valence-electron chi connectivity index (χ0n) is 10.8. The third kappa shape index (κ3) is 9.23. The van der Waals surface area contributed by atoms with Crippen LogP contribution in [0.1, 0.15) is 20.8 Å². The number of amides is 1. The number of hydrogen-bond acceptors (Lipinski definition) is 5. The van der Waals surface area contributed by atoms with Gasteiger partial charge in [0.2, 0.25) is 0 Å². The lowest BCUT2D eigenvalue weighted by Gasteiger charge is -2.18. The number of aliphatic carboxylic acids is 1. The van der Waals surface area contributed by atoms with E-state index in [0.29, 0.717) is 0 Å². The number of nitrogens with one attached hydrogen (secondary N) is 1. The maximum absolute atomic E-state index is 11.2. The zero-order chi connectivity index (χ0) is 14.2. The summed E-state index contributed by atoms with van der Waals surface area (Å²) in [5, 5.41) is 11.3. The summed E-state index contributed by atoms with van der Waals surface area (Å²) in [6.07, 6.45) is 0.670. The molecule has 0 fully saturated rings. The second kappa shape index (κ2) is 8.31. The molecular formula is C11H19NO4S2. The summed E-state index contributed by atoms with van der Waals surface area (Å²) in [6.45, 7) is 9.55. The first-order valence-corrected chi connectivity index (χ1v) is 7.66. The van der Waals surface area contributed by atoms with Gasteiger partial charge in [0, 0.05) is 10.5 Å². The molecule has 104 valence electrons. The van der Waals surface area contributed by atoms with Crippen molar-refractivity contribution in [2.45, 2.75) is 31.6 Å². The van der Waals surface area contributed by atoms with E-state index in [1.54, 1.807) is 10.8 Å². The molecule has 0 saturated heterocycles. The Morgan fingerprint density at radius 2 is 2.11 bits per heavy atom. The van der Waals surface area contributed by atoms with Crippen molar-refractivity contribution in [1.29, 1.82) is 0 Å². The number of carbonyl (C=O) groups is 2. The molecule has 0 aliphatic rings. The fourth-order valence-electron chi connectivity index (χ4n) is 0.772. The van der Waals surface area contributed by atoms with Crippen LogP contribution in [0.15, 0.2) is 12.7 Å². The smallest absolute Gasteiger partial charge is 0.408 e. The lowest BCUT2D eigenvalue weighted by Crippen LogP contribution is -2.42. The monoisotopic (exact) mass is 293 g/mol. The van der Waals surface area contributed by atoms with Crippen LogP contribution in [0, 0.1) is 0 Å². The van der Waals surface area contributed by atoms with Gasteiger partial charge in [-0.05, 0) is 0 Å². The molecule has 0 aromatic rings. The predicted octanol–water partition coefficient (Wildman–Crippen LogP) is 2.53. The molecule has 0 aliphatic heterocycles. The van der Waals surface area contributed by atoms with Crippen LogP contribution in [0.2, 0.25) is 0 Å². The predicted molar refractivity (Wildman–Crippen MR) is 75.9 cm³/mol. The third-order valence-corrected chi connectivity index (χ3v) is 4.82. The largest absolute Gasteiger partial charge is 0.480 e. The first-order chi connectivity index (χ1) is 8.26. The highest BCUT2D eigenvalue weighted by Crippen LogP contribution is 2.35. The van der Waals surface area contributed by atoms with Crippen molar-refractivity contribution in [3.63, 3.8) is 0 Å². The second-order valence-electron chi connectivity index (χ2n) is 4.40. The van der Waals surface area contributed by atoms with Crippen LogP contribution in [-0.2, 0) is 9.53 Å². The fraction of sp³-hybridized carbons (Fsp3) is 0.636. The van der Waals surface area contributed by atoms with E-state index in [-0.39, 0.29) is 17.1 Å². The summed E-state index contributed by atoms with van der Waals surface area (Å²) < 4.78 is 4.71. The number of carboxylic acids is 1. The minimum absolute atomic E-state index is 0.0388. The number of carbonyl (C=O) groups excluding carboxylic acids is 1. The highest BCUT2D eigenvalue weighted by molar-refractivity contribution is 8.77. The molecule has 0 aromatic carbocycles. The molecule has 0 radical (unpaired) electrons. The van der Waals surface area contributed by atoms with E-state index in [0.717, 1.165) is 0 Å². The molecule has 0 bridgehead atoms. The molecule has 1 atom stereocenters. The van der Waals surface area contributed by atoms with Crippen LogP contribution in [0.3, 0.4) is 0 Å². The Balaban J connectivity index is 4.11. The van der Waals surface area contributed by atoms with Crippen LogP contribution >= 0.6 is 21.6 Å². The molecule has 7 heteroatoms. The van der Waals surface area contributed by atoms with Gasteiger partial charge in [0.25, 0.3) is 0 Å². The highest BCUT2D eigenvalue weighted by Gasteiger charge is 2.22. The van der Waals surface area contributed by atoms with Crippen LogP contribution < -0.4 is 5.32 Å². The van der Waals surface area contributed by atoms with E-state index in [1.165, 1.54) is 16.9 Å². The van der Waals surface area contributed by atoms with Gasteiger partial charge in [-0.3, -0.25) is 0 Å². The van der Waals surface area contributed by atoms with Crippen molar-refractivity contribution in [1.82, 2.24) is 5.32 Å². The lowest BCUT2D eigenvalue weighted by molar-refractivity contribution is -0.138. The van der Waals surface area contributed by atoms with Crippen molar-refractivity contribution < 1.29 is 19.4 Å². The molecule has 5 nitrogen and oxygen atoms in total. The van der Waals surface area contributed by atoms with E-state index in [4.69, 9.17) is 5.11 Å². The highest BCUT2D eigenvalue weighted by atomic mass is 33.1. The maximum Gasteiger partial charge on any atom is 0.408 e. The minimum Gasteiger partial charge on any atom is -0.480 e. The standard InChI is InChI=1S/C11H19NO4S2/c1-5-6-16-10(15)12-8(9(13)14)7-17-18-11(2,3)4/h5,8H,1,6-7H2,2-4H3,(H,12,15)(H,13,14)/t8-/m0/s1. The van der Waals surface area contributed by atoms with Gasteiger partial charge in [0.05, 0.1) is 0 Å². The second-order valence-corrected chi connectivity index (χ2v) is 7.57. The molecule has 18 heavy (non-hydrogen) atoms. The van der Waals surface area contributed by atoms with Crippen molar-refractivity contribution in [2.75, 3.05) is 12.4 Å². The van der Waals surface area contributed by atoms with Crippen molar-refractivity contribution in [3.05, 3.63) is 12.7 Å². The Morgan fingerprint density at radius 3 is 2.56 bits per heavy atom. The summed E-state index contributed by atoms with van der Waals surface area (Å²) in [4.78, 5) is 22.2. The van der Waals surface area contributed by atoms with E-state index >= 15 is 0 Å². The summed E-state index contributed by atoms with van der Waals surface area (Å²) in [7, 11) is 2.98. The molecule has 0 heterocycles. The van der Waals surface area contributed by atoms with E-state index in [2.05, 4.69) is 16.6 Å². The van der Waals surface area contributed by atoms with Crippen LogP contribution in [0.4, 0.5) is 4.79 Å². The maximum atomic E-state index is 11.2. The van der Waals surface area contributed by atoms with Crippen molar-refractivity contribution >= 4 is 33.7 Å². The SMILES string of the molecule is C=CCOC(=O)N[C@@H](CSSC(C)(C)C)C(=O)O. The van der Waals surface area contributed by atoms with E-state index in [9.17, 15) is 9.59 Å². The molecule has 0 aromatic heterocycles. The number of ether oxygens (including phenoxy) is 1. The topological polar surface area (TPSA) is 75.6 Å². The van der Waals surface area contributed by atoms with Gasteiger partial charge in [-0.2, -0.15) is 0 Å². The Labute approximate surface area is 115 Å². The van der Waals surface area contributed by atoms with Crippen molar-refractivity contribution in [3.8, 4) is 0 Å². The summed E-state index contributed by atoms with van der Waals surface area (Å²) >= 11 is 0. The summed E-state index contributed by atoms with van der Waals surface area (Å²) in [6, 6.07) is -0.956. The van der Waals surface area contributed by atoms with Gasteiger partial charge in [-0.15, -0.1) is 0 Å². The van der Waals surface area contributed by atoms with Gasteiger partial charge in [-0.25, -0.2) is 9.59 Å². The number of carboxylic acid groups (broad SMARTS) is 1. The summed E-state index contributed by atoms with van der Waals surface area (Å²) in [5.41, 5.74) is 0. The minimum atomic E-state index is -1.08. The molecular weight excluding hydrogens is 274 g/mol. The molecule has 0 unspecified atom stereocenters. The molecule has 0 spiro atoms. The lowest BCUT2D eigenvalue weighted by atomic mass is 10.3. The van der Waals surface area contributed by atoms with Gasteiger partial charge in [-0.1, -0.05) is 55.0 Å². The van der Waals surface area contributed by atoms with E-state index < -0.39 is 18.1 Å². The first-order valence-electron chi connectivity index (χ1n) is 5.34. The third-order valence-electron chi connectivity index (χ3n) is 1.47. The van der Waals surface area contributed by atoms with Crippen molar-refractivity contribution in [2.24, 2.45) is 0 Å². The van der Waals surface area contributed by atoms with Crippen LogP contribution in [-0.4, -0.2) is 40.3 Å². The molecule has 2 N–H and O–H groups in total. The molecule has 1 amide bonds. The Bertz CT molecular complexity index is 302. The summed E-state index contributed by atoms with van der Waals surface area (Å²) in [5.74, 6) is -0.798. The normalized spacial score (nSPS) is 12.6. The Kier molecular flexibility index (Phi) is 7.93. The first kappa shape index (κ1) is 17.2. The molecule has 0 aliphatic carbocycles. The average molecular weight is 293 g/mol.